The van der Waals surface area contributed by atoms with Crippen LogP contribution in [0.15, 0.2) is 22.6 Å². The third-order valence-corrected chi connectivity index (χ3v) is 5.30. The molecular weight excluding hydrogens is 361 g/mol. The average molecular weight is 382 g/mol. The second kappa shape index (κ2) is 7.70. The van der Waals surface area contributed by atoms with Gasteiger partial charge in [0.05, 0.1) is 11.3 Å². The van der Waals surface area contributed by atoms with Crippen molar-refractivity contribution in [2.45, 2.75) is 47.2 Å². The number of nitrogens with zero attached hydrogens (tertiary/aromatic N) is 2. The molecule has 1 heterocycles. The fourth-order valence-electron chi connectivity index (χ4n) is 2.63. The minimum Gasteiger partial charge on any atom is -0.294 e. The van der Waals surface area contributed by atoms with Crippen molar-refractivity contribution in [3.63, 3.8) is 0 Å². The van der Waals surface area contributed by atoms with Gasteiger partial charge in [-0.05, 0) is 44.7 Å². The zero-order valence-corrected chi connectivity index (χ0v) is 16.2. The SMILES string of the molecule is CCC(C)/C(C)=N\c1c(C)c(-c2nccs2)cc(C(C)=O)c1C(F)(F)F. The molecule has 0 aliphatic rings. The van der Waals surface area contributed by atoms with Gasteiger partial charge in [-0.25, -0.2) is 4.98 Å². The van der Waals surface area contributed by atoms with Crippen LogP contribution in [0.25, 0.3) is 10.6 Å². The molecule has 0 bridgehead atoms. The van der Waals surface area contributed by atoms with Gasteiger partial charge in [-0.15, -0.1) is 11.3 Å². The predicted octanol–water partition coefficient (Wildman–Crippen LogP) is 6.48. The van der Waals surface area contributed by atoms with E-state index in [4.69, 9.17) is 0 Å². The first-order valence-electron chi connectivity index (χ1n) is 8.28. The van der Waals surface area contributed by atoms with Crippen LogP contribution in [0.3, 0.4) is 0 Å². The Morgan fingerprint density at radius 1 is 1.35 bits per heavy atom. The van der Waals surface area contributed by atoms with Crippen LogP contribution >= 0.6 is 11.3 Å². The molecule has 0 saturated heterocycles. The van der Waals surface area contributed by atoms with E-state index >= 15 is 0 Å². The molecule has 2 aromatic rings. The molecule has 0 spiro atoms. The summed E-state index contributed by atoms with van der Waals surface area (Å²) >= 11 is 1.31. The molecule has 0 fully saturated rings. The molecule has 3 nitrogen and oxygen atoms in total. The summed E-state index contributed by atoms with van der Waals surface area (Å²) in [6, 6.07) is 1.29. The molecule has 140 valence electrons. The second-order valence-electron chi connectivity index (χ2n) is 6.27. The number of alkyl halides is 3. The Kier molecular flexibility index (Phi) is 6.01. The van der Waals surface area contributed by atoms with E-state index in [1.54, 1.807) is 25.4 Å². The first kappa shape index (κ1) is 20.3. The summed E-state index contributed by atoms with van der Waals surface area (Å²) in [5, 5.41) is 2.31. The van der Waals surface area contributed by atoms with Crippen LogP contribution in [0.5, 0.6) is 0 Å². The molecule has 0 aliphatic carbocycles. The molecule has 0 aliphatic heterocycles. The third kappa shape index (κ3) is 4.03. The highest BCUT2D eigenvalue weighted by Crippen LogP contribution is 2.45. The summed E-state index contributed by atoms with van der Waals surface area (Å²) in [5.74, 6) is -0.604. The average Bonchev–Trinajstić information content (AvgIpc) is 3.08. The van der Waals surface area contributed by atoms with Gasteiger partial charge in [0.15, 0.2) is 5.78 Å². The van der Waals surface area contributed by atoms with Crippen LogP contribution in [0.4, 0.5) is 18.9 Å². The maximum atomic E-state index is 13.8. The van der Waals surface area contributed by atoms with E-state index in [2.05, 4.69) is 9.98 Å². The van der Waals surface area contributed by atoms with Gasteiger partial charge in [-0.3, -0.25) is 9.79 Å². The summed E-state index contributed by atoms with van der Waals surface area (Å²) < 4.78 is 41.5. The van der Waals surface area contributed by atoms with Crippen LogP contribution in [-0.2, 0) is 6.18 Å². The number of hydrogen-bond acceptors (Lipinski definition) is 4. The van der Waals surface area contributed by atoms with Crippen molar-refractivity contribution < 1.29 is 18.0 Å². The number of aliphatic imine (C=N–C) groups is 1. The number of halogens is 3. The second-order valence-corrected chi connectivity index (χ2v) is 7.17. The first-order chi connectivity index (χ1) is 12.1. The van der Waals surface area contributed by atoms with Crippen LogP contribution in [0.2, 0.25) is 0 Å². The highest BCUT2D eigenvalue weighted by atomic mass is 32.1. The van der Waals surface area contributed by atoms with Gasteiger partial charge in [-0.2, -0.15) is 13.2 Å². The van der Waals surface area contributed by atoms with E-state index in [-0.39, 0.29) is 17.2 Å². The highest BCUT2D eigenvalue weighted by Gasteiger charge is 2.39. The minimum absolute atomic E-state index is 0.0415. The van der Waals surface area contributed by atoms with E-state index in [1.807, 2.05) is 13.8 Å². The molecule has 7 heteroatoms. The number of thiazole rings is 1. The molecule has 1 aromatic heterocycles. The van der Waals surface area contributed by atoms with E-state index in [0.29, 0.717) is 21.8 Å². The molecule has 0 N–H and O–H groups in total. The van der Waals surface area contributed by atoms with E-state index in [9.17, 15) is 18.0 Å². The minimum atomic E-state index is -4.68. The standard InChI is InChI=1S/C19H21F3N2OS/c1-6-10(2)12(4)24-17-11(3)14(18-23-7-8-26-18)9-15(13(5)25)16(17)19(20,21)22/h7-10H,6H2,1-5H3/b24-12-. The number of rotatable bonds is 5. The van der Waals surface area contributed by atoms with Crippen molar-refractivity contribution in [3.05, 3.63) is 34.3 Å². The highest BCUT2D eigenvalue weighted by molar-refractivity contribution is 7.13. The largest absolute Gasteiger partial charge is 0.419 e. The maximum Gasteiger partial charge on any atom is 0.419 e. The van der Waals surface area contributed by atoms with Gasteiger partial charge in [0.1, 0.15) is 5.01 Å². The fraction of sp³-hybridized carbons (Fsp3) is 0.421. The number of aromatic nitrogens is 1. The molecule has 0 saturated carbocycles. The molecular formula is C19H21F3N2OS. The monoisotopic (exact) mass is 382 g/mol. The van der Waals surface area contributed by atoms with Crippen molar-refractivity contribution in [1.82, 2.24) is 4.98 Å². The Labute approximate surface area is 155 Å². The summed E-state index contributed by atoms with van der Waals surface area (Å²) in [5.41, 5.74) is -0.0385. The summed E-state index contributed by atoms with van der Waals surface area (Å²) in [6.07, 6.45) is -2.33. The van der Waals surface area contributed by atoms with Crippen LogP contribution < -0.4 is 0 Å². The first-order valence-corrected chi connectivity index (χ1v) is 9.16. The fourth-order valence-corrected chi connectivity index (χ4v) is 3.34. The lowest BCUT2D eigenvalue weighted by Gasteiger charge is -2.19. The Morgan fingerprint density at radius 2 is 2.00 bits per heavy atom. The molecule has 2 rings (SSSR count). The van der Waals surface area contributed by atoms with Crippen molar-refractivity contribution in [3.8, 4) is 10.6 Å². The van der Waals surface area contributed by atoms with Gasteiger partial charge in [0.25, 0.3) is 0 Å². The summed E-state index contributed by atoms with van der Waals surface area (Å²) in [6.45, 7) is 8.32. The zero-order chi connectivity index (χ0) is 19.6. The molecule has 0 radical (unpaired) electrons. The van der Waals surface area contributed by atoms with Gasteiger partial charge >= 0.3 is 6.18 Å². The summed E-state index contributed by atoms with van der Waals surface area (Å²) in [7, 11) is 0. The lowest BCUT2D eigenvalue weighted by molar-refractivity contribution is -0.137. The molecule has 0 amide bonds. The van der Waals surface area contributed by atoms with E-state index in [1.165, 1.54) is 17.4 Å². The Bertz CT molecular complexity index is 839. The Hall–Kier alpha value is -2.02. The van der Waals surface area contributed by atoms with Crippen molar-refractivity contribution >= 4 is 28.5 Å². The number of carbonyl (C=O) groups is 1. The molecule has 26 heavy (non-hydrogen) atoms. The van der Waals surface area contributed by atoms with Gasteiger partial charge < -0.3 is 0 Å². The van der Waals surface area contributed by atoms with Crippen molar-refractivity contribution in [2.24, 2.45) is 10.9 Å². The smallest absolute Gasteiger partial charge is 0.294 e. The van der Waals surface area contributed by atoms with E-state index in [0.717, 1.165) is 13.3 Å². The Morgan fingerprint density at radius 3 is 2.46 bits per heavy atom. The van der Waals surface area contributed by atoms with Gasteiger partial charge in [0.2, 0.25) is 0 Å². The normalized spacial score (nSPS) is 13.8. The topological polar surface area (TPSA) is 42.3 Å². The van der Waals surface area contributed by atoms with Gasteiger partial charge in [0, 0.05) is 28.4 Å². The number of Topliss-reactive ketones (excluding diaryl/α,β-unsaturated/α-hetero) is 1. The molecule has 1 atom stereocenters. The van der Waals surface area contributed by atoms with Crippen LogP contribution in [0.1, 0.15) is 55.6 Å². The van der Waals surface area contributed by atoms with Crippen molar-refractivity contribution in [1.29, 1.82) is 0 Å². The van der Waals surface area contributed by atoms with Crippen molar-refractivity contribution in [2.75, 3.05) is 0 Å². The zero-order valence-electron chi connectivity index (χ0n) is 15.4. The number of hydrogen-bond donors (Lipinski definition) is 0. The predicted molar refractivity (Wildman–Crippen MR) is 99.5 cm³/mol. The molecule has 1 aromatic carbocycles. The van der Waals surface area contributed by atoms with Gasteiger partial charge in [-0.1, -0.05) is 13.8 Å². The lowest BCUT2D eigenvalue weighted by atomic mass is 9.93. The van der Waals surface area contributed by atoms with Crippen LogP contribution in [-0.4, -0.2) is 16.5 Å². The molecule has 1 unspecified atom stereocenters. The number of carbonyl (C=O) groups excluding carboxylic acids is 1. The Balaban J connectivity index is 2.91. The van der Waals surface area contributed by atoms with E-state index < -0.39 is 17.5 Å². The third-order valence-electron chi connectivity index (χ3n) is 4.49. The number of ketones is 1. The number of benzene rings is 1. The van der Waals surface area contributed by atoms with Crippen LogP contribution in [0, 0.1) is 12.8 Å². The lowest BCUT2D eigenvalue weighted by Crippen LogP contribution is -2.14. The maximum absolute atomic E-state index is 13.8. The summed E-state index contributed by atoms with van der Waals surface area (Å²) in [4.78, 5) is 20.5. The quantitative estimate of drug-likeness (QED) is 0.439.